The van der Waals surface area contributed by atoms with Crippen LogP contribution in [0.15, 0.2) is 0 Å². The highest BCUT2D eigenvalue weighted by atomic mass is 32.2. The summed E-state index contributed by atoms with van der Waals surface area (Å²) in [5.74, 6) is -0.895. The lowest BCUT2D eigenvalue weighted by molar-refractivity contribution is -0.138. The minimum atomic E-state index is -3.17. The van der Waals surface area contributed by atoms with Crippen LogP contribution in [-0.4, -0.2) is 73.2 Å². The molecular formula is C15H25N3O5S. The maximum atomic E-state index is 12.6. The van der Waals surface area contributed by atoms with Crippen LogP contribution in [0.2, 0.25) is 0 Å². The Morgan fingerprint density at radius 2 is 1.88 bits per heavy atom. The van der Waals surface area contributed by atoms with Gasteiger partial charge in [0, 0.05) is 19.3 Å². The van der Waals surface area contributed by atoms with E-state index in [0.717, 1.165) is 24.2 Å². The molecule has 2 fully saturated rings. The van der Waals surface area contributed by atoms with Gasteiger partial charge in [-0.2, -0.15) is 0 Å². The normalized spacial score (nSPS) is 20.3. The molecule has 136 valence electrons. The number of sulfone groups is 1. The van der Waals surface area contributed by atoms with E-state index in [1.54, 1.807) is 6.92 Å². The van der Waals surface area contributed by atoms with E-state index in [-0.39, 0.29) is 30.5 Å². The number of hydrogen-bond donors (Lipinski definition) is 1. The van der Waals surface area contributed by atoms with Crippen LogP contribution in [0.5, 0.6) is 0 Å². The molecule has 0 atom stereocenters. The molecule has 1 spiro atoms. The highest BCUT2D eigenvalue weighted by Crippen LogP contribution is 2.33. The Bertz CT molecular complexity index is 625. The number of carbonyl (C=O) groups excluding carboxylic acids is 3. The first kappa shape index (κ1) is 18.7. The number of carbonyl (C=O) groups is 3. The molecule has 0 aromatic rings. The fraction of sp³-hybridized carbons (Fsp3) is 0.800. The minimum Gasteiger partial charge on any atom is -0.343 e. The average molecular weight is 359 g/mol. The van der Waals surface area contributed by atoms with Gasteiger partial charge in [0.25, 0.3) is 5.91 Å². The second kappa shape index (κ2) is 7.08. The smallest absolute Gasteiger partial charge is 0.325 e. The minimum absolute atomic E-state index is 0.0184. The fourth-order valence-electron chi connectivity index (χ4n) is 3.12. The molecule has 1 saturated heterocycles. The quantitative estimate of drug-likeness (QED) is 0.679. The van der Waals surface area contributed by atoms with Crippen LogP contribution in [0.1, 0.15) is 39.0 Å². The molecule has 0 bridgehead atoms. The van der Waals surface area contributed by atoms with Crippen molar-refractivity contribution < 1.29 is 22.8 Å². The van der Waals surface area contributed by atoms with Crippen molar-refractivity contribution in [1.29, 1.82) is 0 Å². The molecule has 2 rings (SSSR count). The summed E-state index contributed by atoms with van der Waals surface area (Å²) < 4.78 is 23.0. The highest BCUT2D eigenvalue weighted by molar-refractivity contribution is 7.91. The first-order chi connectivity index (χ1) is 11.2. The van der Waals surface area contributed by atoms with Crippen LogP contribution in [0.3, 0.4) is 0 Å². The van der Waals surface area contributed by atoms with Gasteiger partial charge in [-0.05, 0) is 12.8 Å². The molecule has 0 aromatic carbocycles. The Hall–Kier alpha value is -1.64. The van der Waals surface area contributed by atoms with Gasteiger partial charge in [-0.15, -0.1) is 0 Å². The summed E-state index contributed by atoms with van der Waals surface area (Å²) in [7, 11) is -1.70. The van der Waals surface area contributed by atoms with E-state index in [0.29, 0.717) is 12.8 Å². The Balaban J connectivity index is 1.96. The zero-order valence-corrected chi connectivity index (χ0v) is 15.0. The Morgan fingerprint density at radius 3 is 2.46 bits per heavy atom. The third-order valence-corrected chi connectivity index (χ3v) is 6.53. The van der Waals surface area contributed by atoms with E-state index >= 15 is 0 Å². The fourth-order valence-corrected chi connectivity index (χ4v) is 3.96. The average Bonchev–Trinajstić information content (AvgIpc) is 2.77. The van der Waals surface area contributed by atoms with Gasteiger partial charge in [0.2, 0.25) is 5.91 Å². The van der Waals surface area contributed by atoms with E-state index in [1.165, 1.54) is 11.9 Å². The summed E-state index contributed by atoms with van der Waals surface area (Å²) in [6.07, 6.45) is 4.00. The molecule has 1 aliphatic carbocycles. The van der Waals surface area contributed by atoms with Gasteiger partial charge in [-0.1, -0.05) is 26.2 Å². The number of nitrogens with zero attached hydrogens (tertiary/aromatic N) is 2. The monoisotopic (exact) mass is 359 g/mol. The molecule has 8 nitrogen and oxygen atoms in total. The van der Waals surface area contributed by atoms with Gasteiger partial charge in [-0.25, -0.2) is 13.2 Å². The Labute approximate surface area is 142 Å². The van der Waals surface area contributed by atoms with E-state index in [2.05, 4.69) is 5.32 Å². The van der Waals surface area contributed by atoms with E-state index in [1.807, 2.05) is 0 Å². The third kappa shape index (κ3) is 3.88. The Morgan fingerprint density at radius 1 is 1.25 bits per heavy atom. The summed E-state index contributed by atoms with van der Waals surface area (Å²) in [6, 6.07) is -0.537. The van der Waals surface area contributed by atoms with Crippen LogP contribution in [-0.2, 0) is 19.4 Å². The molecule has 4 amide bonds. The van der Waals surface area contributed by atoms with E-state index in [4.69, 9.17) is 0 Å². The number of amides is 4. The van der Waals surface area contributed by atoms with Crippen molar-refractivity contribution in [2.24, 2.45) is 0 Å². The third-order valence-electron chi connectivity index (χ3n) is 4.85. The molecule has 1 aliphatic heterocycles. The van der Waals surface area contributed by atoms with Crippen molar-refractivity contribution in [3.63, 3.8) is 0 Å². The van der Waals surface area contributed by atoms with Gasteiger partial charge < -0.3 is 10.2 Å². The van der Waals surface area contributed by atoms with Crippen molar-refractivity contribution >= 4 is 27.7 Å². The molecule has 9 heteroatoms. The SMILES string of the molecule is CCS(=O)(=O)CCN(C)C(=O)CN1C(=O)NC2(CCCCC2)C1=O. The van der Waals surface area contributed by atoms with Gasteiger partial charge in [0.1, 0.15) is 12.1 Å². The first-order valence-corrected chi connectivity index (χ1v) is 10.1. The van der Waals surface area contributed by atoms with Crippen molar-refractivity contribution in [2.45, 2.75) is 44.6 Å². The van der Waals surface area contributed by atoms with Crippen molar-refractivity contribution in [2.75, 3.05) is 31.6 Å². The number of likely N-dealkylation sites (N-methyl/N-ethyl adjacent to an activating group) is 1. The molecular weight excluding hydrogens is 334 g/mol. The van der Waals surface area contributed by atoms with E-state index < -0.39 is 27.3 Å². The zero-order valence-electron chi connectivity index (χ0n) is 14.2. The maximum Gasteiger partial charge on any atom is 0.325 e. The predicted octanol–water partition coefficient (Wildman–Crippen LogP) is 0.134. The summed E-state index contributed by atoms with van der Waals surface area (Å²) in [4.78, 5) is 39.1. The van der Waals surface area contributed by atoms with Gasteiger partial charge in [-0.3, -0.25) is 14.5 Å². The van der Waals surface area contributed by atoms with Crippen LogP contribution in [0, 0.1) is 0 Å². The molecule has 2 aliphatic rings. The number of rotatable bonds is 6. The molecule has 24 heavy (non-hydrogen) atoms. The van der Waals surface area contributed by atoms with Gasteiger partial charge in [0.15, 0.2) is 9.84 Å². The van der Waals surface area contributed by atoms with Gasteiger partial charge in [0.05, 0.1) is 5.75 Å². The number of hydrogen-bond acceptors (Lipinski definition) is 5. The molecule has 1 N–H and O–H groups in total. The lowest BCUT2D eigenvalue weighted by atomic mass is 9.82. The molecule has 0 aromatic heterocycles. The summed E-state index contributed by atoms with van der Waals surface area (Å²) >= 11 is 0. The number of nitrogens with one attached hydrogen (secondary N) is 1. The molecule has 1 heterocycles. The van der Waals surface area contributed by atoms with Gasteiger partial charge >= 0.3 is 6.03 Å². The second-order valence-corrected chi connectivity index (χ2v) is 8.99. The van der Waals surface area contributed by atoms with E-state index in [9.17, 15) is 22.8 Å². The largest absolute Gasteiger partial charge is 0.343 e. The molecule has 1 saturated carbocycles. The number of imide groups is 1. The molecule has 0 unspecified atom stereocenters. The maximum absolute atomic E-state index is 12.6. The van der Waals surface area contributed by atoms with Crippen molar-refractivity contribution in [1.82, 2.24) is 15.1 Å². The second-order valence-electron chi connectivity index (χ2n) is 6.52. The van der Waals surface area contributed by atoms with Crippen LogP contribution >= 0.6 is 0 Å². The van der Waals surface area contributed by atoms with Crippen LogP contribution in [0.4, 0.5) is 4.79 Å². The summed E-state index contributed by atoms with van der Waals surface area (Å²) in [5, 5.41) is 2.75. The van der Waals surface area contributed by atoms with Crippen LogP contribution in [0.25, 0.3) is 0 Å². The lowest BCUT2D eigenvalue weighted by Gasteiger charge is -2.30. The summed E-state index contributed by atoms with van der Waals surface area (Å²) in [6.45, 7) is 1.24. The van der Waals surface area contributed by atoms with Crippen molar-refractivity contribution in [3.8, 4) is 0 Å². The first-order valence-electron chi connectivity index (χ1n) is 8.29. The van der Waals surface area contributed by atoms with Crippen LogP contribution < -0.4 is 5.32 Å². The predicted molar refractivity (Wildman–Crippen MR) is 88.0 cm³/mol. The Kier molecular flexibility index (Phi) is 5.52. The number of urea groups is 1. The summed E-state index contributed by atoms with van der Waals surface area (Å²) in [5.41, 5.74) is -0.847. The molecule has 0 radical (unpaired) electrons. The highest BCUT2D eigenvalue weighted by Gasteiger charge is 2.51. The zero-order chi connectivity index (χ0) is 18.0. The standard InChI is InChI=1S/C15H25N3O5S/c1-3-24(22,23)10-9-17(2)12(19)11-18-13(20)15(16-14(18)21)7-5-4-6-8-15/h3-11H2,1-2H3,(H,16,21). The van der Waals surface area contributed by atoms with Crippen molar-refractivity contribution in [3.05, 3.63) is 0 Å². The lowest BCUT2D eigenvalue weighted by Crippen LogP contribution is -2.49. The topological polar surface area (TPSA) is 104 Å².